The molecule has 9 heteroatoms. The van der Waals surface area contributed by atoms with Crippen LogP contribution in [0.4, 0.5) is 11.4 Å². The second-order valence-corrected chi connectivity index (χ2v) is 8.94. The van der Waals surface area contributed by atoms with E-state index in [2.05, 4.69) is 27.6 Å². The number of nitrogens with two attached hydrogens (primary N) is 2. The summed E-state index contributed by atoms with van der Waals surface area (Å²) < 4.78 is 31.1. The van der Waals surface area contributed by atoms with E-state index in [1.54, 1.807) is 6.07 Å². The van der Waals surface area contributed by atoms with Crippen molar-refractivity contribution >= 4 is 27.0 Å². The van der Waals surface area contributed by atoms with Crippen LogP contribution in [-0.4, -0.2) is 31.0 Å². The van der Waals surface area contributed by atoms with Crippen molar-refractivity contribution in [1.82, 2.24) is 9.38 Å². The van der Waals surface area contributed by atoms with E-state index in [-0.39, 0.29) is 10.6 Å². The van der Waals surface area contributed by atoms with Crippen LogP contribution in [0, 0.1) is 0 Å². The van der Waals surface area contributed by atoms with E-state index in [9.17, 15) is 8.42 Å². The number of pyridine rings is 1. The summed E-state index contributed by atoms with van der Waals surface area (Å²) in [4.78, 5) is 6.68. The van der Waals surface area contributed by atoms with Gasteiger partial charge in [0.25, 0.3) is 0 Å². The van der Waals surface area contributed by atoms with Gasteiger partial charge in [-0.05, 0) is 36.5 Å². The number of anilines is 2. The minimum atomic E-state index is -3.91. The molecule has 1 saturated carbocycles. The van der Waals surface area contributed by atoms with E-state index in [1.165, 1.54) is 24.5 Å². The van der Waals surface area contributed by atoms with Crippen molar-refractivity contribution in [2.45, 2.75) is 30.2 Å². The highest BCUT2D eigenvalue weighted by atomic mass is 32.2. The third kappa shape index (κ3) is 3.06. The predicted molar refractivity (Wildman–Crippen MR) is 106 cm³/mol. The molecule has 0 atom stereocenters. The lowest BCUT2D eigenvalue weighted by Gasteiger charge is -2.31. The summed E-state index contributed by atoms with van der Waals surface area (Å²) in [6.45, 7) is 1.67. The number of sulfonamides is 1. The highest BCUT2D eigenvalue weighted by Crippen LogP contribution is 2.40. The maximum Gasteiger partial charge on any atom is 0.240 e. The molecule has 0 spiro atoms. The molecule has 0 saturated heterocycles. The van der Waals surface area contributed by atoms with Gasteiger partial charge in [0, 0.05) is 18.5 Å². The molecule has 5 rings (SSSR count). The first-order valence-corrected chi connectivity index (χ1v) is 10.7. The fourth-order valence-corrected chi connectivity index (χ4v) is 4.38. The number of imidazole rings is 1. The van der Waals surface area contributed by atoms with Gasteiger partial charge in [0.15, 0.2) is 0 Å². The summed E-state index contributed by atoms with van der Waals surface area (Å²) in [6.07, 6.45) is 6.73. The van der Waals surface area contributed by atoms with Crippen molar-refractivity contribution in [2.75, 3.05) is 23.8 Å². The van der Waals surface area contributed by atoms with Gasteiger partial charge < -0.3 is 19.8 Å². The molecular weight excluding hydrogens is 378 g/mol. The van der Waals surface area contributed by atoms with Crippen LogP contribution in [-0.2, 0) is 16.6 Å². The fourth-order valence-electron chi connectivity index (χ4n) is 3.72. The van der Waals surface area contributed by atoms with Crippen molar-refractivity contribution in [2.24, 2.45) is 5.14 Å². The molecule has 4 N–H and O–H groups in total. The molecule has 2 aliphatic rings. The summed E-state index contributed by atoms with van der Waals surface area (Å²) in [7, 11) is -3.91. The topological polar surface area (TPSA) is 116 Å². The van der Waals surface area contributed by atoms with E-state index in [4.69, 9.17) is 20.6 Å². The third-order valence-corrected chi connectivity index (χ3v) is 6.25. The van der Waals surface area contributed by atoms with E-state index < -0.39 is 10.0 Å². The molecule has 3 heterocycles. The lowest BCUT2D eigenvalue weighted by molar-refractivity contribution is 0.306. The fraction of sp³-hybridized carbons (Fsp3) is 0.316. The molecule has 0 bridgehead atoms. The van der Waals surface area contributed by atoms with Crippen LogP contribution in [0.1, 0.15) is 30.0 Å². The SMILES string of the molecule is Nc1cc2c(cc1S(N)(=O)=O)OCCN2Cc1cn2cc(C3CC3)ccc2n1. The Kier molecular flexibility index (Phi) is 3.78. The van der Waals surface area contributed by atoms with Crippen LogP contribution in [0.5, 0.6) is 5.75 Å². The Morgan fingerprint density at radius 1 is 1.21 bits per heavy atom. The van der Waals surface area contributed by atoms with Crippen molar-refractivity contribution in [3.8, 4) is 5.75 Å². The van der Waals surface area contributed by atoms with Crippen molar-refractivity contribution in [1.29, 1.82) is 0 Å². The van der Waals surface area contributed by atoms with Gasteiger partial charge in [-0.25, -0.2) is 18.5 Å². The molecule has 1 aromatic carbocycles. The first-order chi connectivity index (χ1) is 13.4. The Bertz CT molecular complexity index is 1180. The maximum absolute atomic E-state index is 11.7. The molecule has 2 aromatic heterocycles. The zero-order valence-electron chi connectivity index (χ0n) is 15.2. The number of primary sulfonamides is 1. The average molecular weight is 399 g/mol. The molecule has 0 amide bonds. The van der Waals surface area contributed by atoms with Crippen molar-refractivity contribution < 1.29 is 13.2 Å². The van der Waals surface area contributed by atoms with E-state index in [0.29, 0.717) is 31.4 Å². The lowest BCUT2D eigenvalue weighted by atomic mass is 10.2. The number of hydrogen-bond acceptors (Lipinski definition) is 6. The van der Waals surface area contributed by atoms with Crippen molar-refractivity contribution in [3.05, 3.63) is 47.9 Å². The smallest absolute Gasteiger partial charge is 0.240 e. The Morgan fingerprint density at radius 2 is 2.04 bits per heavy atom. The van der Waals surface area contributed by atoms with Crippen LogP contribution in [0.25, 0.3) is 5.65 Å². The molecule has 1 aliphatic heterocycles. The van der Waals surface area contributed by atoms with Gasteiger partial charge in [-0.1, -0.05) is 6.07 Å². The summed E-state index contributed by atoms with van der Waals surface area (Å²) in [5.41, 5.74) is 9.99. The minimum Gasteiger partial charge on any atom is -0.490 e. The maximum atomic E-state index is 11.7. The quantitative estimate of drug-likeness (QED) is 0.647. The van der Waals surface area contributed by atoms with Crippen molar-refractivity contribution in [3.63, 3.8) is 0 Å². The van der Waals surface area contributed by atoms with Gasteiger partial charge in [-0.15, -0.1) is 0 Å². The summed E-state index contributed by atoms with van der Waals surface area (Å²) in [5, 5.41) is 5.24. The Labute approximate surface area is 162 Å². The standard InChI is InChI=1S/C19H21N5O3S/c20-15-7-16-17(8-18(15)28(21,25)26)27-6-5-23(16)10-14-11-24-9-13(12-1-2-12)3-4-19(24)22-14/h3-4,7-9,11-12H,1-2,5-6,10,20H2,(H2,21,25,26). The van der Waals surface area contributed by atoms with Gasteiger partial charge >= 0.3 is 0 Å². The Morgan fingerprint density at radius 3 is 2.79 bits per heavy atom. The first kappa shape index (κ1) is 17.3. The van der Waals surface area contributed by atoms with Crippen LogP contribution in [0.2, 0.25) is 0 Å². The molecule has 28 heavy (non-hydrogen) atoms. The van der Waals surface area contributed by atoms with E-state index in [1.807, 2.05) is 6.20 Å². The number of nitrogen functional groups attached to an aromatic ring is 1. The summed E-state index contributed by atoms with van der Waals surface area (Å²) in [5.74, 6) is 1.15. The zero-order chi connectivity index (χ0) is 19.5. The van der Waals surface area contributed by atoms with Crippen LogP contribution >= 0.6 is 0 Å². The van der Waals surface area contributed by atoms with Gasteiger partial charge in [-0.2, -0.15) is 0 Å². The number of rotatable bonds is 4. The predicted octanol–water partition coefficient (Wildman–Crippen LogP) is 1.84. The molecule has 1 fully saturated rings. The number of aromatic nitrogens is 2. The lowest BCUT2D eigenvalue weighted by Crippen LogP contribution is -2.32. The molecule has 1 aliphatic carbocycles. The first-order valence-electron chi connectivity index (χ1n) is 9.20. The third-order valence-electron chi connectivity index (χ3n) is 5.28. The van der Waals surface area contributed by atoms with Crippen LogP contribution < -0.4 is 20.5 Å². The summed E-state index contributed by atoms with van der Waals surface area (Å²) in [6, 6.07) is 7.22. The molecule has 3 aromatic rings. The van der Waals surface area contributed by atoms with Gasteiger partial charge in [-0.3, -0.25) is 0 Å². The summed E-state index contributed by atoms with van der Waals surface area (Å²) >= 11 is 0. The van der Waals surface area contributed by atoms with Gasteiger partial charge in [0.1, 0.15) is 22.9 Å². The number of benzene rings is 1. The highest BCUT2D eigenvalue weighted by molar-refractivity contribution is 7.89. The second kappa shape index (κ2) is 6.11. The number of nitrogens with zero attached hydrogens (tertiary/aromatic N) is 3. The number of fused-ring (bicyclic) bond motifs is 2. The normalized spacial score (nSPS) is 16.8. The average Bonchev–Trinajstić information content (AvgIpc) is 3.41. The van der Waals surface area contributed by atoms with Crippen LogP contribution in [0.15, 0.2) is 41.6 Å². The Balaban J connectivity index is 1.47. The van der Waals surface area contributed by atoms with E-state index >= 15 is 0 Å². The van der Waals surface area contributed by atoms with Gasteiger partial charge in [0.05, 0.1) is 30.2 Å². The number of hydrogen-bond donors (Lipinski definition) is 2. The molecule has 0 unspecified atom stereocenters. The molecule has 0 radical (unpaired) electrons. The molecule has 146 valence electrons. The van der Waals surface area contributed by atoms with E-state index in [0.717, 1.165) is 17.0 Å². The molecule has 8 nitrogen and oxygen atoms in total. The largest absolute Gasteiger partial charge is 0.490 e. The highest BCUT2D eigenvalue weighted by Gasteiger charge is 2.25. The second-order valence-electron chi connectivity index (χ2n) is 7.41. The minimum absolute atomic E-state index is 0.112. The monoisotopic (exact) mass is 399 g/mol. The van der Waals surface area contributed by atoms with Crippen LogP contribution in [0.3, 0.4) is 0 Å². The van der Waals surface area contributed by atoms with Gasteiger partial charge in [0.2, 0.25) is 10.0 Å². The molecular formula is C19H21N5O3S. The Hall–Kier alpha value is -2.78. The number of ether oxygens (including phenoxy) is 1. The zero-order valence-corrected chi connectivity index (χ0v) is 16.0.